The molecule has 0 aromatic rings. The van der Waals surface area contributed by atoms with Crippen molar-refractivity contribution >= 4 is 6.71 Å². The fraction of sp³-hybridized carbons (Fsp3) is 1.00. The maximum absolute atomic E-state index is 2.50. The van der Waals surface area contributed by atoms with Gasteiger partial charge in [0.2, 0.25) is 0 Å². The Balaban J connectivity index is 4.64. The van der Waals surface area contributed by atoms with Crippen molar-refractivity contribution in [2.24, 2.45) is 11.8 Å². The summed E-state index contributed by atoms with van der Waals surface area (Å²) < 4.78 is 0. The first-order chi connectivity index (χ1) is 8.32. The lowest BCUT2D eigenvalue weighted by Gasteiger charge is -2.36. The Kier molecular flexibility index (Phi) is 9.08. The minimum absolute atomic E-state index is 0.810. The van der Waals surface area contributed by atoms with Crippen LogP contribution in [0.4, 0.5) is 0 Å². The van der Waals surface area contributed by atoms with Crippen molar-refractivity contribution in [1.29, 1.82) is 0 Å². The van der Waals surface area contributed by atoms with Gasteiger partial charge in [-0.2, -0.15) is 0 Å². The quantitative estimate of drug-likeness (QED) is 0.322. The first kappa shape index (κ1) is 18.1. The molecular formula is C17H37B. The van der Waals surface area contributed by atoms with Crippen LogP contribution in [0.15, 0.2) is 0 Å². The van der Waals surface area contributed by atoms with E-state index < -0.39 is 0 Å². The summed E-state index contributed by atoms with van der Waals surface area (Å²) in [5.74, 6) is 4.19. The number of unbranched alkanes of at least 4 members (excludes halogenated alkanes) is 2. The van der Waals surface area contributed by atoms with E-state index in [-0.39, 0.29) is 0 Å². The molecule has 0 spiro atoms. The van der Waals surface area contributed by atoms with E-state index in [1.54, 1.807) is 0 Å². The van der Waals surface area contributed by atoms with Crippen molar-refractivity contribution < 1.29 is 0 Å². The van der Waals surface area contributed by atoms with Crippen molar-refractivity contribution in [2.75, 3.05) is 0 Å². The van der Waals surface area contributed by atoms with Crippen LogP contribution in [-0.4, -0.2) is 6.71 Å². The largest absolute Gasteiger partial charge is 0.149 e. The standard InChI is InChI=1S/C17H37B/c1-9-10-11-12-15(6)18(16(7)13(2)3)17(8)14(4)5/h13-17H,9-12H2,1-8H3. The molecule has 0 aromatic heterocycles. The van der Waals surface area contributed by atoms with Crippen molar-refractivity contribution in [1.82, 2.24) is 0 Å². The molecule has 0 aliphatic carbocycles. The van der Waals surface area contributed by atoms with Gasteiger partial charge in [0.15, 0.2) is 0 Å². The van der Waals surface area contributed by atoms with Gasteiger partial charge in [-0.25, -0.2) is 0 Å². The molecule has 0 heterocycles. The molecular weight excluding hydrogens is 215 g/mol. The maximum Gasteiger partial charge on any atom is 0.149 e. The predicted octanol–water partition coefficient (Wildman–Crippen LogP) is 6.54. The van der Waals surface area contributed by atoms with Crippen molar-refractivity contribution in [3.8, 4) is 0 Å². The second-order valence-electron chi connectivity index (χ2n) is 7.26. The van der Waals surface area contributed by atoms with E-state index in [4.69, 9.17) is 0 Å². The highest BCUT2D eigenvalue weighted by atomic mass is 14.2. The molecule has 18 heavy (non-hydrogen) atoms. The molecule has 0 saturated carbocycles. The van der Waals surface area contributed by atoms with Gasteiger partial charge in [0.05, 0.1) is 0 Å². The van der Waals surface area contributed by atoms with Crippen molar-refractivity contribution in [3.05, 3.63) is 0 Å². The summed E-state index contributed by atoms with van der Waals surface area (Å²) in [6.07, 6.45) is 5.59. The molecule has 0 amide bonds. The third-order valence-electron chi connectivity index (χ3n) is 5.24. The van der Waals surface area contributed by atoms with E-state index in [9.17, 15) is 0 Å². The van der Waals surface area contributed by atoms with E-state index >= 15 is 0 Å². The Morgan fingerprint density at radius 3 is 1.50 bits per heavy atom. The van der Waals surface area contributed by atoms with Crippen LogP contribution >= 0.6 is 0 Å². The molecule has 0 nitrogen and oxygen atoms in total. The molecule has 0 N–H and O–H groups in total. The fourth-order valence-electron chi connectivity index (χ4n) is 3.31. The summed E-state index contributed by atoms with van der Waals surface area (Å²) in [6, 6.07) is 0. The molecule has 0 fully saturated rings. The van der Waals surface area contributed by atoms with Gasteiger partial charge < -0.3 is 0 Å². The Labute approximate surface area is 117 Å². The minimum Gasteiger partial charge on any atom is -0.0690 e. The lowest BCUT2D eigenvalue weighted by molar-refractivity contribution is 0.537. The molecule has 1 heteroatoms. The fourth-order valence-corrected chi connectivity index (χ4v) is 3.31. The molecule has 0 radical (unpaired) electrons. The summed E-state index contributed by atoms with van der Waals surface area (Å²) in [7, 11) is 0. The van der Waals surface area contributed by atoms with Gasteiger partial charge in [-0.15, -0.1) is 0 Å². The van der Waals surface area contributed by atoms with Crippen LogP contribution in [0.1, 0.15) is 81.1 Å². The molecule has 108 valence electrons. The van der Waals surface area contributed by atoms with Gasteiger partial charge in [0.1, 0.15) is 6.71 Å². The zero-order valence-corrected chi connectivity index (χ0v) is 14.3. The Morgan fingerprint density at radius 2 is 1.17 bits per heavy atom. The normalized spacial score (nSPS) is 17.0. The van der Waals surface area contributed by atoms with Crippen LogP contribution in [0, 0.1) is 11.8 Å². The monoisotopic (exact) mass is 252 g/mol. The third-order valence-corrected chi connectivity index (χ3v) is 5.24. The maximum atomic E-state index is 2.50. The molecule has 0 bridgehead atoms. The SMILES string of the molecule is CCCCCC(C)B(C(C)C(C)C)C(C)C(C)C. The zero-order valence-electron chi connectivity index (χ0n) is 14.3. The van der Waals surface area contributed by atoms with Gasteiger partial charge in [-0.1, -0.05) is 110 Å². The van der Waals surface area contributed by atoms with Gasteiger partial charge in [0.25, 0.3) is 0 Å². The average Bonchev–Trinajstić information content (AvgIpc) is 2.29. The highest BCUT2D eigenvalue weighted by molar-refractivity contribution is 6.63. The lowest BCUT2D eigenvalue weighted by atomic mass is 9.25. The van der Waals surface area contributed by atoms with E-state index in [2.05, 4.69) is 55.4 Å². The van der Waals surface area contributed by atoms with Crippen LogP contribution < -0.4 is 0 Å². The van der Waals surface area contributed by atoms with E-state index in [0.29, 0.717) is 0 Å². The second kappa shape index (κ2) is 9.05. The van der Waals surface area contributed by atoms with E-state index in [1.165, 1.54) is 25.7 Å². The summed E-state index contributed by atoms with van der Waals surface area (Å²) in [4.78, 5) is 0. The van der Waals surface area contributed by atoms with Gasteiger partial charge in [0, 0.05) is 0 Å². The Morgan fingerprint density at radius 1 is 0.722 bits per heavy atom. The molecule has 3 atom stereocenters. The van der Waals surface area contributed by atoms with Gasteiger partial charge in [-0.05, 0) is 0 Å². The first-order valence-corrected chi connectivity index (χ1v) is 8.32. The molecule has 3 unspecified atom stereocenters. The topological polar surface area (TPSA) is 0 Å². The molecule has 0 aromatic carbocycles. The van der Waals surface area contributed by atoms with Gasteiger partial charge in [-0.3, -0.25) is 0 Å². The highest BCUT2D eigenvalue weighted by Gasteiger charge is 2.34. The summed E-state index contributed by atoms with van der Waals surface area (Å²) in [5.41, 5.74) is 0. The molecule has 0 aliphatic heterocycles. The van der Waals surface area contributed by atoms with Crippen LogP contribution in [0.25, 0.3) is 0 Å². The van der Waals surface area contributed by atoms with Crippen molar-refractivity contribution in [2.45, 2.75) is 98.5 Å². The summed E-state index contributed by atoms with van der Waals surface area (Å²) in [6.45, 7) is 20.2. The van der Waals surface area contributed by atoms with E-state index in [1.807, 2.05) is 0 Å². The first-order valence-electron chi connectivity index (χ1n) is 8.32. The Hall–Kier alpha value is 0.0649. The zero-order chi connectivity index (χ0) is 14.3. The Bertz CT molecular complexity index is 184. The number of hydrogen-bond donors (Lipinski definition) is 0. The number of rotatable bonds is 9. The lowest BCUT2D eigenvalue weighted by Crippen LogP contribution is -2.33. The third kappa shape index (κ3) is 5.80. The van der Waals surface area contributed by atoms with Crippen LogP contribution in [0.2, 0.25) is 17.5 Å². The summed E-state index contributed by atoms with van der Waals surface area (Å²) >= 11 is 0. The second-order valence-corrected chi connectivity index (χ2v) is 7.26. The highest BCUT2D eigenvalue weighted by Crippen LogP contribution is 2.40. The van der Waals surface area contributed by atoms with Crippen molar-refractivity contribution in [3.63, 3.8) is 0 Å². The van der Waals surface area contributed by atoms with Crippen LogP contribution in [-0.2, 0) is 0 Å². The number of hydrogen-bond acceptors (Lipinski definition) is 0. The molecule has 0 rings (SSSR count). The predicted molar refractivity (Wildman–Crippen MR) is 87.8 cm³/mol. The van der Waals surface area contributed by atoms with Crippen LogP contribution in [0.5, 0.6) is 0 Å². The minimum atomic E-state index is 0.810. The van der Waals surface area contributed by atoms with E-state index in [0.717, 1.165) is 36.0 Å². The van der Waals surface area contributed by atoms with Gasteiger partial charge >= 0.3 is 0 Å². The molecule has 0 saturated heterocycles. The summed E-state index contributed by atoms with van der Waals surface area (Å²) in [5, 5.41) is 0. The molecule has 0 aliphatic rings. The van der Waals surface area contributed by atoms with Crippen LogP contribution in [0.3, 0.4) is 0 Å². The smallest absolute Gasteiger partial charge is 0.0690 e. The average molecular weight is 252 g/mol.